The van der Waals surface area contributed by atoms with E-state index >= 15 is 0 Å². The second kappa shape index (κ2) is 11.9. The number of carboxylic acids is 2. The second-order valence-corrected chi connectivity index (χ2v) is 4.98. The van der Waals surface area contributed by atoms with Gasteiger partial charge in [-0.2, -0.15) is 0 Å². The Bertz CT molecular complexity index is 579. The van der Waals surface area contributed by atoms with Gasteiger partial charge in [-0.25, -0.2) is 0 Å². The molecular formula is C18H18FeO6. The Kier molecular flexibility index (Phi) is 10.8. The molecule has 0 saturated carbocycles. The summed E-state index contributed by atoms with van der Waals surface area (Å²) in [5.41, 5.74) is 1.19. The van der Waals surface area contributed by atoms with Gasteiger partial charge in [0.1, 0.15) is 0 Å². The van der Waals surface area contributed by atoms with Crippen molar-refractivity contribution in [3.63, 3.8) is 0 Å². The van der Waals surface area contributed by atoms with Crippen LogP contribution in [0.25, 0.3) is 0 Å². The van der Waals surface area contributed by atoms with Crippen LogP contribution in [0.15, 0.2) is 71.3 Å². The molecule has 2 aliphatic rings. The van der Waals surface area contributed by atoms with E-state index in [0.717, 1.165) is 0 Å². The van der Waals surface area contributed by atoms with E-state index in [9.17, 15) is 19.8 Å². The number of allylic oxidation sites excluding steroid dienone is 12. The van der Waals surface area contributed by atoms with E-state index in [1.54, 1.807) is 48.6 Å². The Morgan fingerprint density at radius 3 is 1.20 bits per heavy atom. The molecule has 0 saturated heterocycles. The fraction of sp³-hybridized carbons (Fsp3) is 0.222. The van der Waals surface area contributed by atoms with Crippen molar-refractivity contribution in [3.8, 4) is 0 Å². The largest absolute Gasteiger partial charge is 2.00 e. The van der Waals surface area contributed by atoms with E-state index in [0.29, 0.717) is 11.1 Å². The molecule has 6 nitrogen and oxygen atoms in total. The van der Waals surface area contributed by atoms with E-state index in [1.807, 2.05) is 0 Å². The van der Waals surface area contributed by atoms with E-state index in [4.69, 9.17) is 10.2 Å². The average Bonchev–Trinajstić information content (AvgIpc) is 3.23. The van der Waals surface area contributed by atoms with Crippen LogP contribution in [0.1, 0.15) is 25.7 Å². The van der Waals surface area contributed by atoms with E-state index in [2.05, 4.69) is 0 Å². The minimum absolute atomic E-state index is 0. The summed E-state index contributed by atoms with van der Waals surface area (Å²) < 4.78 is 0. The molecule has 25 heavy (non-hydrogen) atoms. The van der Waals surface area contributed by atoms with Crippen LogP contribution >= 0.6 is 0 Å². The minimum atomic E-state index is -0.935. The third kappa shape index (κ3) is 9.39. The molecule has 0 heterocycles. The zero-order chi connectivity index (χ0) is 17.9. The zero-order valence-electron chi connectivity index (χ0n) is 13.3. The number of carboxylic acid groups (broad SMARTS) is 2. The molecular weight excluding hydrogens is 368 g/mol. The van der Waals surface area contributed by atoms with Crippen molar-refractivity contribution in [1.82, 2.24) is 0 Å². The van der Waals surface area contributed by atoms with Crippen LogP contribution in [0.2, 0.25) is 0 Å². The molecule has 0 aromatic heterocycles. The van der Waals surface area contributed by atoms with Crippen LogP contribution in [0.4, 0.5) is 0 Å². The number of hydrogen-bond acceptors (Lipinski definition) is 4. The molecule has 0 bridgehead atoms. The Hall–Kier alpha value is -2.50. The standard InChI is InChI=1S/2C9H10O3.Fe/c2*10-8(5-6-9(11)12)7-3-1-2-4-7;/h2*1-4,10H,5-6H2,(H,11,12);/q;;+2/p-2. The van der Waals surface area contributed by atoms with Crippen LogP contribution in [0, 0.1) is 0 Å². The third-order valence-corrected chi connectivity index (χ3v) is 3.10. The first-order valence-electron chi connectivity index (χ1n) is 7.33. The van der Waals surface area contributed by atoms with Crippen molar-refractivity contribution in [2.24, 2.45) is 0 Å². The fourth-order valence-corrected chi connectivity index (χ4v) is 1.85. The Balaban J connectivity index is 0.000000443. The van der Waals surface area contributed by atoms with Crippen LogP contribution in [0.5, 0.6) is 0 Å². The molecule has 2 rings (SSSR count). The molecule has 0 aliphatic heterocycles. The van der Waals surface area contributed by atoms with Gasteiger partial charge in [0.25, 0.3) is 0 Å². The van der Waals surface area contributed by atoms with Crippen LogP contribution in [-0.2, 0) is 26.7 Å². The molecule has 0 unspecified atom stereocenters. The summed E-state index contributed by atoms with van der Waals surface area (Å²) in [5, 5.41) is 38.9. The molecule has 0 spiro atoms. The van der Waals surface area contributed by atoms with Gasteiger partial charge in [0, 0.05) is 12.8 Å². The summed E-state index contributed by atoms with van der Waals surface area (Å²) in [4.78, 5) is 20.2. The van der Waals surface area contributed by atoms with E-state index < -0.39 is 11.9 Å². The van der Waals surface area contributed by atoms with Crippen LogP contribution in [-0.4, -0.2) is 22.2 Å². The third-order valence-electron chi connectivity index (χ3n) is 3.10. The molecule has 0 aromatic rings. The van der Waals surface area contributed by atoms with Gasteiger partial charge in [-0.15, -0.1) is 11.5 Å². The topological polar surface area (TPSA) is 121 Å². The Morgan fingerprint density at radius 2 is 0.960 bits per heavy atom. The monoisotopic (exact) mass is 386 g/mol. The first kappa shape index (κ1) is 22.5. The molecule has 134 valence electrons. The number of carbonyl (C=O) groups is 2. The number of hydrogen-bond donors (Lipinski definition) is 2. The van der Waals surface area contributed by atoms with Crippen molar-refractivity contribution < 1.29 is 47.1 Å². The summed E-state index contributed by atoms with van der Waals surface area (Å²) in [7, 11) is 0. The van der Waals surface area contributed by atoms with Gasteiger partial charge in [0.15, 0.2) is 0 Å². The SMILES string of the molecule is O=C(O)CCC([O-])=C1C=CC=C1.O=C(O)CCC([O-])=C1C=CC=C1.[Fe+2]. The number of rotatable bonds is 6. The van der Waals surface area contributed by atoms with Crippen molar-refractivity contribution in [1.29, 1.82) is 0 Å². The zero-order valence-corrected chi connectivity index (χ0v) is 14.4. The van der Waals surface area contributed by atoms with Gasteiger partial charge in [-0.05, 0) is 24.0 Å². The van der Waals surface area contributed by atoms with Gasteiger partial charge in [0.05, 0.1) is 0 Å². The van der Waals surface area contributed by atoms with Crippen molar-refractivity contribution in [2.45, 2.75) is 25.7 Å². The van der Waals surface area contributed by atoms with Crippen LogP contribution in [0.3, 0.4) is 0 Å². The minimum Gasteiger partial charge on any atom is -0.875 e. The summed E-state index contributed by atoms with van der Waals surface area (Å²) in [6, 6.07) is 0. The summed E-state index contributed by atoms with van der Waals surface area (Å²) in [5.74, 6) is -2.09. The summed E-state index contributed by atoms with van der Waals surface area (Å²) in [6.07, 6.45) is 13.7. The summed E-state index contributed by atoms with van der Waals surface area (Å²) >= 11 is 0. The summed E-state index contributed by atoms with van der Waals surface area (Å²) in [6.45, 7) is 0. The van der Waals surface area contributed by atoms with E-state index in [-0.39, 0.29) is 54.3 Å². The molecule has 2 N–H and O–H groups in total. The van der Waals surface area contributed by atoms with Crippen molar-refractivity contribution >= 4 is 11.9 Å². The fourth-order valence-electron chi connectivity index (χ4n) is 1.85. The van der Waals surface area contributed by atoms with Gasteiger partial charge in [-0.1, -0.05) is 48.6 Å². The molecule has 0 aromatic carbocycles. The molecule has 0 amide bonds. The van der Waals surface area contributed by atoms with Gasteiger partial charge < -0.3 is 20.4 Å². The predicted molar refractivity (Wildman–Crippen MR) is 84.4 cm³/mol. The maximum Gasteiger partial charge on any atom is 2.00 e. The molecule has 0 atom stereocenters. The van der Waals surface area contributed by atoms with Gasteiger partial charge >= 0.3 is 29.0 Å². The predicted octanol–water partition coefficient (Wildman–Crippen LogP) is 1.18. The first-order chi connectivity index (χ1) is 11.4. The van der Waals surface area contributed by atoms with Crippen LogP contribution < -0.4 is 10.2 Å². The maximum atomic E-state index is 11.1. The van der Waals surface area contributed by atoms with Gasteiger partial charge in [0.2, 0.25) is 0 Å². The normalized spacial score (nSPS) is 13.3. The van der Waals surface area contributed by atoms with E-state index in [1.165, 1.54) is 0 Å². The Labute approximate surface area is 156 Å². The average molecular weight is 386 g/mol. The molecule has 2 aliphatic carbocycles. The van der Waals surface area contributed by atoms with Gasteiger partial charge in [-0.3, -0.25) is 9.59 Å². The smallest absolute Gasteiger partial charge is 0.875 e. The first-order valence-corrected chi connectivity index (χ1v) is 7.33. The quantitative estimate of drug-likeness (QED) is 0.523. The van der Waals surface area contributed by atoms with Crippen molar-refractivity contribution in [2.75, 3.05) is 0 Å². The Morgan fingerprint density at radius 1 is 0.680 bits per heavy atom. The number of aliphatic carboxylic acids is 2. The van der Waals surface area contributed by atoms with Crippen molar-refractivity contribution in [3.05, 3.63) is 71.3 Å². The maximum absolute atomic E-state index is 11.1. The molecule has 0 radical (unpaired) electrons. The molecule has 0 fully saturated rings. The second-order valence-electron chi connectivity index (χ2n) is 4.98. The molecule has 7 heteroatoms.